The minimum absolute atomic E-state index is 0.0329. The van der Waals surface area contributed by atoms with Crippen LogP contribution in [0.1, 0.15) is 20.8 Å². The Kier molecular flexibility index (Phi) is 4.11. The van der Waals surface area contributed by atoms with E-state index >= 15 is 0 Å². The molecule has 3 N–H and O–H groups in total. The molecular weight excluding hydrogens is 244 g/mol. The first-order valence-electron chi connectivity index (χ1n) is 5.01. The molecule has 1 heterocycles. The van der Waals surface area contributed by atoms with Crippen LogP contribution < -0.4 is 11.1 Å². The molecule has 0 amide bonds. The first kappa shape index (κ1) is 13.5. The van der Waals surface area contributed by atoms with Crippen LogP contribution in [0.15, 0.2) is 6.33 Å². The average Bonchev–Trinajstić information content (AvgIpc) is 2.18. The van der Waals surface area contributed by atoms with Gasteiger partial charge in [-0.1, -0.05) is 11.6 Å². The first-order valence-corrected chi connectivity index (χ1v) is 5.39. The highest BCUT2D eigenvalue weighted by Gasteiger charge is 2.16. The summed E-state index contributed by atoms with van der Waals surface area (Å²) in [5, 5.41) is 2.89. The molecule has 1 aromatic rings. The van der Waals surface area contributed by atoms with Crippen molar-refractivity contribution in [1.82, 2.24) is 9.97 Å². The second-order valence-corrected chi connectivity index (χ2v) is 4.72. The Balaban J connectivity index is 2.56. The average molecular weight is 259 g/mol. The maximum absolute atomic E-state index is 11.4. The maximum atomic E-state index is 11.4. The Bertz CT molecular complexity index is 417. The van der Waals surface area contributed by atoms with Crippen molar-refractivity contribution in [2.24, 2.45) is 0 Å². The molecule has 0 saturated heterocycles. The summed E-state index contributed by atoms with van der Waals surface area (Å²) in [4.78, 5) is 19.0. The number of anilines is 2. The first-order chi connectivity index (χ1) is 7.79. The van der Waals surface area contributed by atoms with E-state index in [0.29, 0.717) is 5.82 Å². The molecule has 0 aliphatic rings. The third-order valence-corrected chi connectivity index (χ3v) is 1.96. The number of halogens is 1. The number of nitrogens with one attached hydrogen (secondary N) is 1. The van der Waals surface area contributed by atoms with Crippen molar-refractivity contribution in [1.29, 1.82) is 0 Å². The lowest BCUT2D eigenvalue weighted by molar-refractivity contribution is -0.152. The fourth-order valence-corrected chi connectivity index (χ4v) is 1.18. The van der Waals surface area contributed by atoms with Crippen molar-refractivity contribution in [3.05, 3.63) is 11.5 Å². The van der Waals surface area contributed by atoms with Gasteiger partial charge in [0.1, 0.15) is 24.2 Å². The van der Waals surface area contributed by atoms with E-state index in [1.807, 2.05) is 0 Å². The van der Waals surface area contributed by atoms with Gasteiger partial charge in [0, 0.05) is 0 Å². The van der Waals surface area contributed by atoms with Gasteiger partial charge in [-0.2, -0.15) is 0 Å². The summed E-state index contributed by atoms with van der Waals surface area (Å²) in [5.74, 6) is -0.0810. The number of nitrogens with zero attached hydrogens (tertiary/aromatic N) is 2. The molecule has 0 bridgehead atoms. The zero-order valence-corrected chi connectivity index (χ0v) is 10.7. The second kappa shape index (κ2) is 5.18. The van der Waals surface area contributed by atoms with Gasteiger partial charge in [-0.3, -0.25) is 4.79 Å². The Labute approximate surface area is 105 Å². The Hall–Kier alpha value is -1.56. The van der Waals surface area contributed by atoms with Crippen molar-refractivity contribution >= 4 is 29.1 Å². The lowest BCUT2D eigenvalue weighted by atomic mass is 10.2. The van der Waals surface area contributed by atoms with Crippen molar-refractivity contribution in [3.8, 4) is 0 Å². The third kappa shape index (κ3) is 4.44. The number of nitrogens with two attached hydrogens (primary N) is 1. The molecule has 94 valence electrons. The molecule has 0 atom stereocenters. The van der Waals surface area contributed by atoms with E-state index < -0.39 is 11.6 Å². The number of ether oxygens (including phenoxy) is 1. The Morgan fingerprint density at radius 3 is 2.76 bits per heavy atom. The molecule has 0 aromatic carbocycles. The van der Waals surface area contributed by atoms with Crippen molar-refractivity contribution in [3.63, 3.8) is 0 Å². The number of carbonyl (C=O) groups is 1. The van der Waals surface area contributed by atoms with Crippen LogP contribution in [-0.4, -0.2) is 28.1 Å². The zero-order valence-electron chi connectivity index (χ0n) is 9.95. The molecule has 0 aliphatic carbocycles. The highest BCUT2D eigenvalue weighted by atomic mass is 35.5. The van der Waals surface area contributed by atoms with Gasteiger partial charge in [-0.25, -0.2) is 9.97 Å². The summed E-state index contributed by atoms with van der Waals surface area (Å²) >= 11 is 5.70. The Morgan fingerprint density at radius 1 is 1.53 bits per heavy atom. The van der Waals surface area contributed by atoms with Crippen LogP contribution in [0.5, 0.6) is 0 Å². The van der Waals surface area contributed by atoms with Gasteiger partial charge < -0.3 is 15.8 Å². The molecule has 1 aromatic heterocycles. The number of nitrogen functional groups attached to an aromatic ring is 1. The topological polar surface area (TPSA) is 90.1 Å². The van der Waals surface area contributed by atoms with Crippen LogP contribution in [0.25, 0.3) is 0 Å². The summed E-state index contributed by atoms with van der Waals surface area (Å²) in [6, 6.07) is 0. The van der Waals surface area contributed by atoms with E-state index in [4.69, 9.17) is 22.1 Å². The fourth-order valence-electron chi connectivity index (χ4n) is 1.05. The van der Waals surface area contributed by atoms with E-state index in [9.17, 15) is 4.79 Å². The predicted octanol–water partition coefficient (Wildman–Crippen LogP) is 1.47. The SMILES string of the molecule is CC(C)(C)OC(=O)CNc1ncnc(Cl)c1N. The molecule has 0 fully saturated rings. The summed E-state index contributed by atoms with van der Waals surface area (Å²) < 4.78 is 5.11. The minimum Gasteiger partial charge on any atom is -0.459 e. The number of aromatic nitrogens is 2. The van der Waals surface area contributed by atoms with Crippen LogP contribution in [-0.2, 0) is 9.53 Å². The predicted molar refractivity (Wildman–Crippen MR) is 65.8 cm³/mol. The lowest BCUT2D eigenvalue weighted by Gasteiger charge is -2.19. The molecule has 17 heavy (non-hydrogen) atoms. The van der Waals surface area contributed by atoms with Crippen molar-refractivity contribution < 1.29 is 9.53 Å². The summed E-state index contributed by atoms with van der Waals surface area (Å²) in [6.07, 6.45) is 1.26. The van der Waals surface area contributed by atoms with Gasteiger partial charge in [0.15, 0.2) is 11.0 Å². The van der Waals surface area contributed by atoms with Gasteiger partial charge in [0.2, 0.25) is 0 Å². The van der Waals surface area contributed by atoms with Crippen LogP contribution >= 0.6 is 11.6 Å². The van der Waals surface area contributed by atoms with Crippen LogP contribution in [0.2, 0.25) is 5.15 Å². The number of carbonyl (C=O) groups excluding carboxylic acids is 1. The van der Waals surface area contributed by atoms with Gasteiger partial charge in [-0.15, -0.1) is 0 Å². The fraction of sp³-hybridized carbons (Fsp3) is 0.500. The second-order valence-electron chi connectivity index (χ2n) is 4.37. The van der Waals surface area contributed by atoms with Gasteiger partial charge in [0.05, 0.1) is 0 Å². The van der Waals surface area contributed by atoms with E-state index in [0.717, 1.165) is 0 Å². The molecule has 0 spiro atoms. The van der Waals surface area contributed by atoms with Gasteiger partial charge in [-0.05, 0) is 20.8 Å². The quantitative estimate of drug-likeness (QED) is 0.630. The molecule has 0 aliphatic heterocycles. The third-order valence-electron chi connectivity index (χ3n) is 1.66. The number of hydrogen-bond acceptors (Lipinski definition) is 6. The standard InChI is InChI=1S/C10H15ClN4O2/c1-10(2,3)17-6(16)4-13-9-7(12)8(11)14-5-15-9/h5H,4,12H2,1-3H3,(H,13,14,15). The van der Waals surface area contributed by atoms with E-state index in [-0.39, 0.29) is 17.4 Å². The number of esters is 1. The molecule has 7 heteroatoms. The largest absolute Gasteiger partial charge is 0.459 e. The molecule has 0 unspecified atom stereocenters. The number of hydrogen-bond donors (Lipinski definition) is 2. The highest BCUT2D eigenvalue weighted by molar-refractivity contribution is 6.32. The van der Waals surface area contributed by atoms with Crippen LogP contribution in [0.3, 0.4) is 0 Å². The van der Waals surface area contributed by atoms with Crippen molar-refractivity contribution in [2.75, 3.05) is 17.6 Å². The van der Waals surface area contributed by atoms with E-state index in [2.05, 4.69) is 15.3 Å². The molecule has 0 saturated carbocycles. The normalized spacial score (nSPS) is 11.1. The summed E-state index contributed by atoms with van der Waals surface area (Å²) in [7, 11) is 0. The summed E-state index contributed by atoms with van der Waals surface area (Å²) in [5.41, 5.74) is 5.31. The smallest absolute Gasteiger partial charge is 0.325 e. The Morgan fingerprint density at radius 2 is 2.18 bits per heavy atom. The van der Waals surface area contributed by atoms with Crippen LogP contribution in [0, 0.1) is 0 Å². The highest BCUT2D eigenvalue weighted by Crippen LogP contribution is 2.21. The zero-order chi connectivity index (χ0) is 13.1. The summed E-state index contributed by atoms with van der Waals surface area (Å²) in [6.45, 7) is 5.34. The van der Waals surface area contributed by atoms with E-state index in [1.54, 1.807) is 20.8 Å². The lowest BCUT2D eigenvalue weighted by Crippen LogP contribution is -2.28. The van der Waals surface area contributed by atoms with Crippen LogP contribution in [0.4, 0.5) is 11.5 Å². The molecule has 0 radical (unpaired) electrons. The van der Waals surface area contributed by atoms with Gasteiger partial charge in [0.25, 0.3) is 0 Å². The number of rotatable bonds is 3. The van der Waals surface area contributed by atoms with E-state index in [1.165, 1.54) is 6.33 Å². The maximum Gasteiger partial charge on any atom is 0.325 e. The molecule has 1 rings (SSSR count). The molecular formula is C10H15ClN4O2. The van der Waals surface area contributed by atoms with Gasteiger partial charge >= 0.3 is 5.97 Å². The van der Waals surface area contributed by atoms with Crippen molar-refractivity contribution in [2.45, 2.75) is 26.4 Å². The minimum atomic E-state index is -0.520. The monoisotopic (exact) mass is 258 g/mol. The molecule has 6 nitrogen and oxygen atoms in total.